The predicted octanol–water partition coefficient (Wildman–Crippen LogP) is 3.60. The lowest BCUT2D eigenvalue weighted by Crippen LogP contribution is -2.45. The first-order valence-corrected chi connectivity index (χ1v) is 7.39. The maximum absolute atomic E-state index is 11.8. The minimum Gasteiger partial charge on any atom is -0.467 e. The average molecular weight is 348 g/mol. The minimum absolute atomic E-state index is 0.144. The fourth-order valence-corrected chi connectivity index (χ4v) is 2.09. The molecular weight excluding hydrogens is 329 g/mol. The molecule has 1 N–H and O–H groups in total. The zero-order chi connectivity index (χ0) is 16.9. The number of hydrogen-bond donors (Lipinski definition) is 1. The number of methoxy groups -OCH3 is 1. The van der Waals surface area contributed by atoms with Crippen LogP contribution in [0.1, 0.15) is 26.3 Å². The number of nitrogens with one attached hydrogen (secondary N) is 1. The summed E-state index contributed by atoms with van der Waals surface area (Å²) in [6.07, 6.45) is -0.563. The Hall–Kier alpha value is -1.46. The van der Waals surface area contributed by atoms with E-state index in [4.69, 9.17) is 32.7 Å². The van der Waals surface area contributed by atoms with Gasteiger partial charge in [0.05, 0.1) is 7.11 Å². The van der Waals surface area contributed by atoms with Crippen LogP contribution in [0.2, 0.25) is 10.0 Å². The monoisotopic (exact) mass is 347 g/mol. The number of hydrogen-bond acceptors (Lipinski definition) is 4. The molecule has 1 aromatic carbocycles. The van der Waals surface area contributed by atoms with Crippen LogP contribution >= 0.6 is 23.2 Å². The lowest BCUT2D eigenvalue weighted by Gasteiger charge is -2.22. The first-order chi connectivity index (χ1) is 10.1. The topological polar surface area (TPSA) is 64.6 Å². The lowest BCUT2D eigenvalue weighted by molar-refractivity contribution is -0.143. The van der Waals surface area contributed by atoms with Gasteiger partial charge in [-0.2, -0.15) is 0 Å². The van der Waals surface area contributed by atoms with Gasteiger partial charge in [-0.25, -0.2) is 9.59 Å². The van der Waals surface area contributed by atoms with Crippen molar-refractivity contribution in [1.29, 1.82) is 0 Å². The van der Waals surface area contributed by atoms with Gasteiger partial charge >= 0.3 is 12.1 Å². The third-order valence-corrected chi connectivity index (χ3v) is 3.21. The van der Waals surface area contributed by atoms with Crippen LogP contribution in [0.15, 0.2) is 18.2 Å². The SMILES string of the molecule is COC(=O)[C@H](Cc1cc(Cl)ccc1Cl)NC(=O)OC(C)(C)C. The number of carbonyl (C=O) groups is 2. The van der Waals surface area contributed by atoms with Gasteiger partial charge < -0.3 is 14.8 Å². The molecule has 1 amide bonds. The van der Waals surface area contributed by atoms with Gasteiger partial charge in [-0.15, -0.1) is 0 Å². The van der Waals surface area contributed by atoms with E-state index in [2.05, 4.69) is 5.32 Å². The second kappa shape index (κ2) is 7.70. The summed E-state index contributed by atoms with van der Waals surface area (Å²) in [5.74, 6) is -0.595. The van der Waals surface area contributed by atoms with Gasteiger partial charge in [0.25, 0.3) is 0 Å². The summed E-state index contributed by atoms with van der Waals surface area (Å²) in [4.78, 5) is 23.7. The van der Waals surface area contributed by atoms with E-state index in [9.17, 15) is 9.59 Å². The third kappa shape index (κ3) is 6.12. The molecule has 0 unspecified atom stereocenters. The van der Waals surface area contributed by atoms with E-state index in [1.54, 1.807) is 39.0 Å². The first-order valence-electron chi connectivity index (χ1n) is 6.63. The zero-order valence-corrected chi connectivity index (χ0v) is 14.4. The van der Waals surface area contributed by atoms with E-state index < -0.39 is 23.7 Å². The van der Waals surface area contributed by atoms with Crippen LogP contribution in [-0.2, 0) is 20.7 Å². The average Bonchev–Trinajstić information content (AvgIpc) is 2.39. The zero-order valence-electron chi connectivity index (χ0n) is 12.9. The van der Waals surface area contributed by atoms with Gasteiger partial charge in [0.2, 0.25) is 0 Å². The molecule has 7 heteroatoms. The van der Waals surface area contributed by atoms with Crippen LogP contribution in [-0.4, -0.2) is 30.8 Å². The van der Waals surface area contributed by atoms with Crippen molar-refractivity contribution in [2.45, 2.75) is 38.8 Å². The second-order valence-electron chi connectivity index (χ2n) is 5.66. The van der Waals surface area contributed by atoms with Gasteiger partial charge in [0.1, 0.15) is 11.6 Å². The number of rotatable bonds is 4. The van der Waals surface area contributed by atoms with Crippen LogP contribution in [0.3, 0.4) is 0 Å². The summed E-state index contributed by atoms with van der Waals surface area (Å²) < 4.78 is 9.84. The van der Waals surface area contributed by atoms with Crippen LogP contribution < -0.4 is 5.32 Å². The molecule has 0 fully saturated rings. The Morgan fingerprint density at radius 2 is 1.91 bits per heavy atom. The van der Waals surface area contributed by atoms with E-state index in [-0.39, 0.29) is 6.42 Å². The quantitative estimate of drug-likeness (QED) is 0.845. The number of esters is 1. The summed E-state index contributed by atoms with van der Waals surface area (Å²) in [7, 11) is 1.24. The van der Waals surface area contributed by atoms with Crippen molar-refractivity contribution in [3.8, 4) is 0 Å². The van der Waals surface area contributed by atoms with Gasteiger partial charge in [-0.1, -0.05) is 23.2 Å². The molecule has 0 aliphatic carbocycles. The summed E-state index contributed by atoms with van der Waals surface area (Å²) in [6, 6.07) is 3.98. The second-order valence-corrected chi connectivity index (χ2v) is 6.51. The number of halogens is 2. The van der Waals surface area contributed by atoms with Crippen molar-refractivity contribution in [2.75, 3.05) is 7.11 Å². The summed E-state index contributed by atoms with van der Waals surface area (Å²) in [5, 5.41) is 3.42. The van der Waals surface area contributed by atoms with E-state index in [0.29, 0.717) is 15.6 Å². The highest BCUT2D eigenvalue weighted by Gasteiger charge is 2.26. The Labute approximate surface area is 139 Å². The molecule has 122 valence electrons. The molecule has 1 aromatic rings. The predicted molar refractivity (Wildman–Crippen MR) is 85.3 cm³/mol. The number of carbonyl (C=O) groups excluding carboxylic acids is 2. The molecule has 0 saturated heterocycles. The molecule has 0 radical (unpaired) electrons. The Kier molecular flexibility index (Phi) is 6.50. The number of benzene rings is 1. The molecule has 22 heavy (non-hydrogen) atoms. The first kappa shape index (κ1) is 18.6. The molecule has 1 atom stereocenters. The molecule has 0 aliphatic rings. The molecule has 5 nitrogen and oxygen atoms in total. The maximum atomic E-state index is 11.8. The van der Waals surface area contributed by atoms with Gasteiger partial charge in [-0.3, -0.25) is 0 Å². The van der Waals surface area contributed by atoms with E-state index in [1.165, 1.54) is 7.11 Å². The van der Waals surface area contributed by atoms with Crippen LogP contribution in [0.25, 0.3) is 0 Å². The summed E-state index contributed by atoms with van der Waals surface area (Å²) in [5.41, 5.74) is -0.0426. The maximum Gasteiger partial charge on any atom is 0.408 e. The van der Waals surface area contributed by atoms with E-state index in [0.717, 1.165) is 0 Å². The normalized spacial score (nSPS) is 12.5. The molecule has 1 rings (SSSR count). The molecule has 0 aliphatic heterocycles. The van der Waals surface area contributed by atoms with Crippen molar-refractivity contribution in [1.82, 2.24) is 5.32 Å². The van der Waals surface area contributed by atoms with Gasteiger partial charge in [-0.05, 0) is 44.5 Å². The van der Waals surface area contributed by atoms with Gasteiger partial charge in [0.15, 0.2) is 0 Å². The lowest BCUT2D eigenvalue weighted by atomic mass is 10.1. The van der Waals surface area contributed by atoms with Crippen LogP contribution in [0.5, 0.6) is 0 Å². The molecule has 0 spiro atoms. The standard InChI is InChI=1S/C15H19Cl2NO4/c1-15(2,3)22-14(20)18-12(13(19)21-4)8-9-7-10(16)5-6-11(9)17/h5-7,12H,8H2,1-4H3,(H,18,20)/t12-/m0/s1. The van der Waals surface area contributed by atoms with E-state index >= 15 is 0 Å². The minimum atomic E-state index is -0.921. The summed E-state index contributed by atoms with van der Waals surface area (Å²) >= 11 is 12.0. The largest absolute Gasteiger partial charge is 0.467 e. The molecule has 0 saturated carbocycles. The molecule has 0 aromatic heterocycles. The molecule has 0 heterocycles. The Morgan fingerprint density at radius 3 is 2.45 bits per heavy atom. The highest BCUT2D eigenvalue weighted by Crippen LogP contribution is 2.22. The van der Waals surface area contributed by atoms with Crippen LogP contribution in [0, 0.1) is 0 Å². The van der Waals surface area contributed by atoms with Crippen molar-refractivity contribution < 1.29 is 19.1 Å². The Bertz CT molecular complexity index is 555. The van der Waals surface area contributed by atoms with Crippen molar-refractivity contribution in [3.63, 3.8) is 0 Å². The van der Waals surface area contributed by atoms with E-state index in [1.807, 2.05) is 0 Å². The highest BCUT2D eigenvalue weighted by atomic mass is 35.5. The number of ether oxygens (including phenoxy) is 2. The summed E-state index contributed by atoms with van der Waals surface area (Å²) in [6.45, 7) is 5.19. The van der Waals surface area contributed by atoms with Crippen molar-refractivity contribution >= 4 is 35.3 Å². The van der Waals surface area contributed by atoms with Crippen molar-refractivity contribution in [3.05, 3.63) is 33.8 Å². The third-order valence-electron chi connectivity index (χ3n) is 2.61. The van der Waals surface area contributed by atoms with Gasteiger partial charge in [0, 0.05) is 16.5 Å². The smallest absolute Gasteiger partial charge is 0.408 e. The number of amides is 1. The highest BCUT2D eigenvalue weighted by molar-refractivity contribution is 6.33. The van der Waals surface area contributed by atoms with Crippen LogP contribution in [0.4, 0.5) is 4.79 Å². The Balaban J connectivity index is 2.87. The van der Waals surface area contributed by atoms with Crippen molar-refractivity contribution in [2.24, 2.45) is 0 Å². The molecule has 0 bridgehead atoms. The fraction of sp³-hybridized carbons (Fsp3) is 0.467. The Morgan fingerprint density at radius 1 is 1.27 bits per heavy atom. The fourth-order valence-electron chi connectivity index (χ4n) is 1.71. The molecular formula is C15H19Cl2NO4. The number of alkyl carbamates (subject to hydrolysis) is 1.